The predicted molar refractivity (Wildman–Crippen MR) is 127 cm³/mol. The quantitative estimate of drug-likeness (QED) is 0.436. The highest BCUT2D eigenvalue weighted by molar-refractivity contribution is 6.35. The van der Waals surface area contributed by atoms with Crippen molar-refractivity contribution in [2.24, 2.45) is 0 Å². The lowest BCUT2D eigenvalue weighted by Crippen LogP contribution is -2.48. The number of benzene rings is 2. The molecule has 2 aromatic heterocycles. The molecule has 0 spiro atoms. The molecule has 0 saturated carbocycles. The Hall–Kier alpha value is -3.43. The summed E-state index contributed by atoms with van der Waals surface area (Å²) in [6.45, 7) is 4.97. The van der Waals surface area contributed by atoms with Gasteiger partial charge in [0.1, 0.15) is 11.3 Å². The van der Waals surface area contributed by atoms with Crippen molar-refractivity contribution >= 4 is 56.9 Å². The Balaban J connectivity index is 1.45. The van der Waals surface area contributed by atoms with Gasteiger partial charge in [0.05, 0.1) is 21.7 Å². The van der Waals surface area contributed by atoms with Gasteiger partial charge in [-0.15, -0.1) is 0 Å². The summed E-state index contributed by atoms with van der Waals surface area (Å²) >= 11 is 6.29. The molecule has 10 heteroatoms. The summed E-state index contributed by atoms with van der Waals surface area (Å²) in [4.78, 5) is 33.6. The molecule has 5 rings (SSSR count). The summed E-state index contributed by atoms with van der Waals surface area (Å²) in [5.74, 6) is 1.18. The van der Waals surface area contributed by atoms with E-state index in [2.05, 4.69) is 42.5 Å². The first-order chi connectivity index (χ1) is 15.5. The molecule has 9 nitrogen and oxygen atoms in total. The van der Waals surface area contributed by atoms with Crippen molar-refractivity contribution in [3.63, 3.8) is 0 Å². The van der Waals surface area contributed by atoms with Gasteiger partial charge < -0.3 is 25.4 Å². The lowest BCUT2D eigenvalue weighted by molar-refractivity contribution is 0.164. The predicted octanol–water partition coefficient (Wildman–Crippen LogP) is 3.99. The first kappa shape index (κ1) is 20.5. The summed E-state index contributed by atoms with van der Waals surface area (Å²) in [5, 5.41) is 7.68. The lowest BCUT2D eigenvalue weighted by Gasteiger charge is -2.32. The number of aromatic nitrogens is 4. The van der Waals surface area contributed by atoms with Crippen molar-refractivity contribution < 1.29 is 4.79 Å². The Labute approximate surface area is 189 Å². The monoisotopic (exact) mass is 450 g/mol. The summed E-state index contributed by atoms with van der Waals surface area (Å²) < 4.78 is 0. The second-order valence-corrected chi connectivity index (χ2v) is 8.37. The standard InChI is InChI=1S/C22H23ClN8O/c1-13-25-17-10-15(27-21-24-12-14-4-3-5-16(23)19(14)29-21)11-18(20(17)26-13)28-22(32)31-8-6-30(2)7-9-31/h3-5,10-12H,6-9H2,1-2H3,(H,25,26)(H,28,32)(H,24,27,29). The Morgan fingerprint density at radius 1 is 1.12 bits per heavy atom. The van der Waals surface area contributed by atoms with Crippen LogP contribution in [0, 0.1) is 6.92 Å². The number of hydrogen-bond donors (Lipinski definition) is 3. The van der Waals surface area contributed by atoms with Crippen LogP contribution in [0.4, 0.5) is 22.1 Å². The number of amides is 2. The minimum absolute atomic E-state index is 0.133. The Morgan fingerprint density at radius 2 is 1.94 bits per heavy atom. The molecule has 1 fully saturated rings. The third-order valence-corrected chi connectivity index (χ3v) is 5.86. The number of imidazole rings is 1. The van der Waals surface area contributed by atoms with Crippen molar-refractivity contribution in [3.8, 4) is 0 Å². The van der Waals surface area contributed by atoms with E-state index >= 15 is 0 Å². The number of rotatable bonds is 3. The molecule has 32 heavy (non-hydrogen) atoms. The number of carbonyl (C=O) groups excluding carboxylic acids is 1. The summed E-state index contributed by atoms with van der Waals surface area (Å²) in [5.41, 5.74) is 3.53. The second kappa shape index (κ2) is 8.25. The fraction of sp³-hybridized carbons (Fsp3) is 0.273. The number of halogens is 1. The fourth-order valence-electron chi connectivity index (χ4n) is 3.82. The van der Waals surface area contributed by atoms with Gasteiger partial charge in [0.15, 0.2) is 0 Å². The average molecular weight is 451 g/mol. The molecule has 0 atom stereocenters. The minimum Gasteiger partial charge on any atom is -0.342 e. The van der Waals surface area contributed by atoms with Gasteiger partial charge in [0, 0.05) is 43.4 Å². The van der Waals surface area contributed by atoms with Crippen LogP contribution in [0.3, 0.4) is 0 Å². The Bertz CT molecular complexity index is 1310. The van der Waals surface area contributed by atoms with Crippen molar-refractivity contribution in [3.05, 3.63) is 47.4 Å². The number of carbonyl (C=O) groups is 1. The molecule has 2 amide bonds. The number of H-pyrrole nitrogens is 1. The first-order valence-electron chi connectivity index (χ1n) is 10.4. The molecule has 0 radical (unpaired) electrons. The minimum atomic E-state index is -0.133. The van der Waals surface area contributed by atoms with Gasteiger partial charge in [-0.2, -0.15) is 0 Å². The third kappa shape index (κ3) is 4.04. The maximum atomic E-state index is 12.9. The van der Waals surface area contributed by atoms with Crippen LogP contribution >= 0.6 is 11.6 Å². The van der Waals surface area contributed by atoms with Crippen LogP contribution in [0.25, 0.3) is 21.9 Å². The number of aryl methyl sites for hydroxylation is 1. The fourth-order valence-corrected chi connectivity index (χ4v) is 4.05. The number of para-hydroxylation sites is 1. The number of urea groups is 1. The largest absolute Gasteiger partial charge is 0.342 e. The number of nitrogens with zero attached hydrogens (tertiary/aromatic N) is 5. The molecular weight excluding hydrogens is 428 g/mol. The number of hydrogen-bond acceptors (Lipinski definition) is 6. The molecule has 4 aromatic rings. The topological polar surface area (TPSA) is 102 Å². The van der Waals surface area contributed by atoms with Crippen molar-refractivity contribution in [1.82, 2.24) is 29.7 Å². The van der Waals surface area contributed by atoms with E-state index in [4.69, 9.17) is 11.6 Å². The molecule has 1 saturated heterocycles. The van der Waals surface area contributed by atoms with E-state index in [-0.39, 0.29) is 6.03 Å². The first-order valence-corrected chi connectivity index (χ1v) is 10.8. The van der Waals surface area contributed by atoms with Gasteiger partial charge in [-0.1, -0.05) is 23.7 Å². The van der Waals surface area contributed by atoms with Gasteiger partial charge in [0.25, 0.3) is 0 Å². The van der Waals surface area contributed by atoms with E-state index < -0.39 is 0 Å². The zero-order chi connectivity index (χ0) is 22.2. The van der Waals surface area contributed by atoms with Crippen LogP contribution in [0.15, 0.2) is 36.5 Å². The molecule has 1 aliphatic rings. The normalized spacial score (nSPS) is 14.8. The van der Waals surface area contributed by atoms with Crippen LogP contribution in [0.1, 0.15) is 5.82 Å². The van der Waals surface area contributed by atoms with Gasteiger partial charge in [-0.05, 0) is 32.2 Å². The Morgan fingerprint density at radius 3 is 2.75 bits per heavy atom. The zero-order valence-electron chi connectivity index (χ0n) is 17.8. The summed E-state index contributed by atoms with van der Waals surface area (Å²) in [6, 6.07) is 9.21. The van der Waals surface area contributed by atoms with Gasteiger partial charge >= 0.3 is 6.03 Å². The number of likely N-dealkylation sites (N-methyl/N-ethyl adjacent to an activating group) is 1. The second-order valence-electron chi connectivity index (χ2n) is 7.96. The molecule has 0 aliphatic carbocycles. The molecule has 0 unspecified atom stereocenters. The summed E-state index contributed by atoms with van der Waals surface area (Å²) in [7, 11) is 2.06. The lowest BCUT2D eigenvalue weighted by atomic mass is 10.2. The highest BCUT2D eigenvalue weighted by Crippen LogP contribution is 2.29. The summed E-state index contributed by atoms with van der Waals surface area (Å²) in [6.07, 6.45) is 1.73. The smallest absolute Gasteiger partial charge is 0.321 e. The Kier molecular flexibility index (Phi) is 5.28. The number of nitrogens with one attached hydrogen (secondary N) is 3. The SMILES string of the molecule is Cc1nc2c(NC(=O)N3CCN(C)CC3)cc(Nc3ncc4cccc(Cl)c4n3)cc2[nH]1. The van der Waals surface area contributed by atoms with Gasteiger partial charge in [-0.25, -0.2) is 19.7 Å². The van der Waals surface area contributed by atoms with E-state index in [1.807, 2.05) is 36.1 Å². The van der Waals surface area contributed by atoms with Crippen molar-refractivity contribution in [2.45, 2.75) is 6.92 Å². The molecule has 1 aliphatic heterocycles. The number of fused-ring (bicyclic) bond motifs is 2. The van der Waals surface area contributed by atoms with Gasteiger partial charge in [-0.3, -0.25) is 0 Å². The van der Waals surface area contributed by atoms with Crippen LogP contribution in [0.5, 0.6) is 0 Å². The van der Waals surface area contributed by atoms with Crippen LogP contribution < -0.4 is 10.6 Å². The highest BCUT2D eigenvalue weighted by Gasteiger charge is 2.20. The highest BCUT2D eigenvalue weighted by atomic mass is 35.5. The van der Waals surface area contributed by atoms with Crippen molar-refractivity contribution in [2.75, 3.05) is 43.9 Å². The van der Waals surface area contributed by atoms with E-state index in [9.17, 15) is 4.79 Å². The molecule has 0 bridgehead atoms. The van der Waals surface area contributed by atoms with E-state index in [1.54, 1.807) is 12.3 Å². The molecule has 3 heterocycles. The van der Waals surface area contributed by atoms with E-state index in [0.717, 1.165) is 35.5 Å². The van der Waals surface area contributed by atoms with Crippen LogP contribution in [0.2, 0.25) is 5.02 Å². The molecule has 164 valence electrons. The zero-order valence-corrected chi connectivity index (χ0v) is 18.6. The third-order valence-electron chi connectivity index (χ3n) is 5.55. The number of aromatic amines is 1. The van der Waals surface area contributed by atoms with Crippen LogP contribution in [-0.2, 0) is 0 Å². The van der Waals surface area contributed by atoms with E-state index in [0.29, 0.717) is 40.8 Å². The maximum absolute atomic E-state index is 12.9. The number of piperazine rings is 1. The van der Waals surface area contributed by atoms with E-state index in [1.165, 1.54) is 0 Å². The van der Waals surface area contributed by atoms with Crippen molar-refractivity contribution in [1.29, 1.82) is 0 Å². The maximum Gasteiger partial charge on any atom is 0.321 e. The van der Waals surface area contributed by atoms with Crippen LogP contribution in [-0.4, -0.2) is 69.0 Å². The molecule has 2 aromatic carbocycles. The molecular formula is C22H23ClN8O. The molecule has 3 N–H and O–H groups in total. The average Bonchev–Trinajstić information content (AvgIpc) is 3.15. The number of anilines is 3. The van der Waals surface area contributed by atoms with Gasteiger partial charge in [0.2, 0.25) is 5.95 Å².